The van der Waals surface area contributed by atoms with E-state index in [4.69, 9.17) is 4.74 Å². The minimum atomic E-state index is -0.837. The van der Waals surface area contributed by atoms with Crippen molar-refractivity contribution in [2.45, 2.75) is 6.42 Å². The number of carbonyl (C=O) groups is 1. The van der Waals surface area contributed by atoms with E-state index in [1.807, 2.05) is 0 Å². The highest BCUT2D eigenvalue weighted by molar-refractivity contribution is 5.62. The van der Waals surface area contributed by atoms with Gasteiger partial charge in [0.15, 0.2) is 0 Å². The Morgan fingerprint density at radius 2 is 2.22 bits per heavy atom. The molecule has 2 rings (SSSR count). The zero-order chi connectivity index (χ0) is 13.0. The lowest BCUT2D eigenvalue weighted by Crippen LogP contribution is -2.07. The number of ether oxygens (including phenoxy) is 2. The van der Waals surface area contributed by atoms with Crippen molar-refractivity contribution in [3.05, 3.63) is 47.7 Å². The molecular weight excluding hydrogens is 239 g/mol. The molecule has 0 atom stereocenters. The van der Waals surface area contributed by atoms with Crippen molar-refractivity contribution in [1.29, 1.82) is 0 Å². The van der Waals surface area contributed by atoms with Crippen LogP contribution >= 0.6 is 0 Å². The molecule has 0 unspecified atom stereocenters. The predicted molar refractivity (Wildman–Crippen MR) is 60.8 cm³/mol. The van der Waals surface area contributed by atoms with Gasteiger partial charge in [-0.3, -0.25) is 0 Å². The SMILES string of the molecule is COC(=O)Oc1cnc(Cc2ccccc2F)[nH]1. The van der Waals surface area contributed by atoms with E-state index in [9.17, 15) is 9.18 Å². The summed E-state index contributed by atoms with van der Waals surface area (Å²) in [6.45, 7) is 0. The van der Waals surface area contributed by atoms with Crippen LogP contribution in [0.1, 0.15) is 11.4 Å². The standard InChI is InChI=1S/C12H11FN2O3/c1-17-12(16)18-11-7-14-10(15-11)6-8-4-2-3-5-9(8)13/h2-5,7H,6H2,1H3,(H,14,15). The molecule has 18 heavy (non-hydrogen) atoms. The third-order valence-corrected chi connectivity index (χ3v) is 2.28. The summed E-state index contributed by atoms with van der Waals surface area (Å²) in [6, 6.07) is 6.41. The first-order valence-corrected chi connectivity index (χ1v) is 5.22. The average molecular weight is 250 g/mol. The van der Waals surface area contributed by atoms with E-state index in [1.165, 1.54) is 19.4 Å². The van der Waals surface area contributed by atoms with Crippen molar-refractivity contribution in [3.63, 3.8) is 0 Å². The molecule has 0 radical (unpaired) electrons. The third kappa shape index (κ3) is 2.85. The fraction of sp³-hybridized carbons (Fsp3) is 0.167. The molecule has 1 heterocycles. The number of aromatic amines is 1. The summed E-state index contributed by atoms with van der Waals surface area (Å²) in [4.78, 5) is 17.6. The molecular formula is C12H11FN2O3. The maximum absolute atomic E-state index is 13.4. The number of nitrogens with one attached hydrogen (secondary N) is 1. The number of benzene rings is 1. The first-order valence-electron chi connectivity index (χ1n) is 5.22. The number of carbonyl (C=O) groups excluding carboxylic acids is 1. The molecule has 1 aromatic carbocycles. The van der Waals surface area contributed by atoms with Crippen molar-refractivity contribution < 1.29 is 18.7 Å². The number of aromatic nitrogens is 2. The largest absolute Gasteiger partial charge is 0.514 e. The van der Waals surface area contributed by atoms with Crippen molar-refractivity contribution in [3.8, 4) is 5.88 Å². The van der Waals surface area contributed by atoms with Crippen LogP contribution in [-0.2, 0) is 11.2 Å². The molecule has 0 fully saturated rings. The van der Waals surface area contributed by atoms with Crippen LogP contribution < -0.4 is 4.74 Å². The fourth-order valence-electron chi connectivity index (χ4n) is 1.44. The number of rotatable bonds is 3. The predicted octanol–water partition coefficient (Wildman–Crippen LogP) is 2.28. The van der Waals surface area contributed by atoms with Crippen LogP contribution in [0.4, 0.5) is 9.18 Å². The van der Waals surface area contributed by atoms with Gasteiger partial charge in [0.2, 0.25) is 5.88 Å². The number of hydrogen-bond acceptors (Lipinski definition) is 4. The van der Waals surface area contributed by atoms with E-state index in [-0.39, 0.29) is 18.1 Å². The van der Waals surface area contributed by atoms with E-state index in [0.29, 0.717) is 11.4 Å². The van der Waals surface area contributed by atoms with Gasteiger partial charge in [-0.15, -0.1) is 0 Å². The maximum Gasteiger partial charge on any atom is 0.514 e. The van der Waals surface area contributed by atoms with E-state index in [2.05, 4.69) is 14.7 Å². The van der Waals surface area contributed by atoms with Crippen LogP contribution in [0.5, 0.6) is 5.88 Å². The van der Waals surface area contributed by atoms with Gasteiger partial charge in [0.05, 0.1) is 13.3 Å². The van der Waals surface area contributed by atoms with Crippen molar-refractivity contribution in [2.24, 2.45) is 0 Å². The molecule has 0 bridgehead atoms. The third-order valence-electron chi connectivity index (χ3n) is 2.28. The maximum atomic E-state index is 13.4. The lowest BCUT2D eigenvalue weighted by molar-refractivity contribution is 0.120. The molecule has 94 valence electrons. The summed E-state index contributed by atoms with van der Waals surface area (Å²) in [5.41, 5.74) is 0.511. The first-order chi connectivity index (χ1) is 8.69. The highest BCUT2D eigenvalue weighted by atomic mass is 19.1. The van der Waals surface area contributed by atoms with Crippen LogP contribution in [0.2, 0.25) is 0 Å². The molecule has 1 N–H and O–H groups in total. The molecule has 0 amide bonds. The van der Waals surface area contributed by atoms with Crippen LogP contribution in [-0.4, -0.2) is 23.2 Å². The number of imidazole rings is 1. The zero-order valence-electron chi connectivity index (χ0n) is 9.64. The van der Waals surface area contributed by atoms with Gasteiger partial charge in [-0.05, 0) is 11.6 Å². The average Bonchev–Trinajstić information content (AvgIpc) is 2.79. The highest BCUT2D eigenvalue weighted by Gasteiger charge is 2.09. The second kappa shape index (κ2) is 5.31. The molecule has 1 aromatic heterocycles. The first kappa shape index (κ1) is 12.1. The van der Waals surface area contributed by atoms with Gasteiger partial charge in [-0.2, -0.15) is 0 Å². The Morgan fingerprint density at radius 1 is 1.44 bits per heavy atom. The smallest absolute Gasteiger partial charge is 0.437 e. The molecule has 5 nitrogen and oxygen atoms in total. The van der Waals surface area contributed by atoms with Crippen LogP contribution in [0.25, 0.3) is 0 Å². The van der Waals surface area contributed by atoms with Crippen LogP contribution in [0, 0.1) is 5.82 Å². The molecule has 0 spiro atoms. The zero-order valence-corrected chi connectivity index (χ0v) is 9.64. The number of nitrogens with zero attached hydrogens (tertiary/aromatic N) is 1. The summed E-state index contributed by atoms with van der Waals surface area (Å²) < 4.78 is 22.5. The molecule has 0 saturated carbocycles. The summed E-state index contributed by atoms with van der Waals surface area (Å²) in [5.74, 6) is 0.358. The lowest BCUT2D eigenvalue weighted by atomic mass is 10.1. The van der Waals surface area contributed by atoms with Crippen LogP contribution in [0.3, 0.4) is 0 Å². The monoisotopic (exact) mass is 250 g/mol. The summed E-state index contributed by atoms with van der Waals surface area (Å²) in [6.07, 6.45) is 0.792. The topological polar surface area (TPSA) is 64.2 Å². The molecule has 0 aliphatic heterocycles. The number of H-pyrrole nitrogens is 1. The van der Waals surface area contributed by atoms with Crippen molar-refractivity contribution in [2.75, 3.05) is 7.11 Å². The van der Waals surface area contributed by atoms with E-state index in [0.717, 1.165) is 0 Å². The molecule has 6 heteroatoms. The lowest BCUT2D eigenvalue weighted by Gasteiger charge is -2.00. The Kier molecular flexibility index (Phi) is 3.57. The Labute approximate surface area is 103 Å². The normalized spacial score (nSPS) is 10.1. The van der Waals surface area contributed by atoms with Gasteiger partial charge in [0.25, 0.3) is 0 Å². The molecule has 0 aliphatic rings. The van der Waals surface area contributed by atoms with E-state index < -0.39 is 6.16 Å². The van der Waals surface area contributed by atoms with E-state index in [1.54, 1.807) is 18.2 Å². The molecule has 0 aliphatic carbocycles. The second-order valence-electron chi connectivity index (χ2n) is 3.52. The second-order valence-corrected chi connectivity index (χ2v) is 3.52. The van der Waals surface area contributed by atoms with Crippen LogP contribution in [0.15, 0.2) is 30.5 Å². The fourth-order valence-corrected chi connectivity index (χ4v) is 1.44. The van der Waals surface area contributed by atoms with Gasteiger partial charge in [-0.1, -0.05) is 18.2 Å². The Morgan fingerprint density at radius 3 is 2.94 bits per heavy atom. The van der Waals surface area contributed by atoms with Gasteiger partial charge in [-0.25, -0.2) is 14.2 Å². The Balaban J connectivity index is 2.07. The van der Waals surface area contributed by atoms with E-state index >= 15 is 0 Å². The quantitative estimate of drug-likeness (QED) is 0.849. The highest BCUT2D eigenvalue weighted by Crippen LogP contribution is 2.13. The summed E-state index contributed by atoms with van der Waals surface area (Å²) in [7, 11) is 1.21. The number of methoxy groups -OCH3 is 1. The van der Waals surface area contributed by atoms with Crippen molar-refractivity contribution >= 4 is 6.16 Å². The van der Waals surface area contributed by atoms with Gasteiger partial charge >= 0.3 is 6.16 Å². The molecule has 2 aromatic rings. The van der Waals surface area contributed by atoms with Gasteiger partial charge in [0.1, 0.15) is 11.6 Å². The van der Waals surface area contributed by atoms with Gasteiger partial charge in [0, 0.05) is 6.42 Å². The number of halogens is 1. The minimum absolute atomic E-state index is 0.160. The number of hydrogen-bond donors (Lipinski definition) is 1. The Bertz CT molecular complexity index is 554. The molecule has 0 saturated heterocycles. The van der Waals surface area contributed by atoms with Gasteiger partial charge < -0.3 is 14.5 Å². The summed E-state index contributed by atoms with van der Waals surface area (Å²) >= 11 is 0. The van der Waals surface area contributed by atoms with Crippen molar-refractivity contribution in [1.82, 2.24) is 9.97 Å². The minimum Gasteiger partial charge on any atom is -0.437 e. The summed E-state index contributed by atoms with van der Waals surface area (Å²) in [5, 5.41) is 0. The Hall–Kier alpha value is -2.37.